The number of methoxy groups -OCH3 is 1. The molecule has 0 spiro atoms. The number of aliphatic imine (C=N–C) groups is 2. The molecule has 0 N–H and O–H groups in total. The molecule has 27 heavy (non-hydrogen) atoms. The molecule has 0 saturated carbocycles. The van der Waals surface area contributed by atoms with E-state index in [0.717, 1.165) is 42.6 Å². The van der Waals surface area contributed by atoms with E-state index in [1.165, 1.54) is 0 Å². The molecule has 0 aromatic heterocycles. The van der Waals surface area contributed by atoms with E-state index in [-0.39, 0.29) is 5.91 Å². The largest absolute Gasteiger partial charge is 0.497 e. The molecule has 1 aromatic carbocycles. The average Bonchev–Trinajstić information content (AvgIpc) is 3.08. The molecule has 7 heteroatoms. The van der Waals surface area contributed by atoms with E-state index in [4.69, 9.17) is 9.73 Å². The van der Waals surface area contributed by atoms with Crippen LogP contribution in [-0.2, 0) is 11.2 Å². The zero-order valence-corrected chi connectivity index (χ0v) is 15.8. The van der Waals surface area contributed by atoms with Gasteiger partial charge in [0, 0.05) is 45.1 Å². The molecule has 0 unspecified atom stereocenters. The van der Waals surface area contributed by atoms with Crippen molar-refractivity contribution in [2.45, 2.75) is 19.4 Å². The summed E-state index contributed by atoms with van der Waals surface area (Å²) in [7, 11) is 1.64. The van der Waals surface area contributed by atoms with Gasteiger partial charge in [0.2, 0.25) is 5.91 Å². The maximum Gasteiger partial charge on any atom is 0.227 e. The molecular formula is C20H25N5O2. The van der Waals surface area contributed by atoms with E-state index < -0.39 is 0 Å². The minimum atomic E-state index is 0.154. The maximum atomic E-state index is 12.7. The van der Waals surface area contributed by atoms with E-state index in [2.05, 4.69) is 21.7 Å². The number of amides is 1. The number of fused-ring (bicyclic) bond motifs is 1. The first kappa shape index (κ1) is 17.6. The summed E-state index contributed by atoms with van der Waals surface area (Å²) < 4.78 is 5.24. The standard InChI is InChI=1S/C20H25N5O2/c1-15-14-25-7-6-21-19(20(25)22-15)24-10-8-23(9-11-24)18(26)13-16-4-3-5-17(12-16)27-2/h3-7,12,15H,8-11,13-14H2,1-2H3/t15-/m1/s1. The number of benzene rings is 1. The lowest BCUT2D eigenvalue weighted by Gasteiger charge is -2.37. The molecular weight excluding hydrogens is 342 g/mol. The van der Waals surface area contributed by atoms with Crippen LogP contribution in [0, 0.1) is 0 Å². The Morgan fingerprint density at radius 1 is 1.22 bits per heavy atom. The van der Waals surface area contributed by atoms with Gasteiger partial charge in [0.1, 0.15) is 5.75 Å². The molecule has 4 rings (SSSR count). The Balaban J connectivity index is 1.36. The van der Waals surface area contributed by atoms with Crippen molar-refractivity contribution >= 4 is 17.6 Å². The summed E-state index contributed by atoms with van der Waals surface area (Å²) >= 11 is 0. The molecule has 142 valence electrons. The predicted molar refractivity (Wildman–Crippen MR) is 105 cm³/mol. The van der Waals surface area contributed by atoms with Crippen LogP contribution >= 0.6 is 0 Å². The topological polar surface area (TPSA) is 60.7 Å². The molecule has 0 aliphatic carbocycles. The monoisotopic (exact) mass is 367 g/mol. The highest BCUT2D eigenvalue weighted by atomic mass is 16.5. The Morgan fingerprint density at radius 2 is 2.04 bits per heavy atom. The van der Waals surface area contributed by atoms with Crippen molar-refractivity contribution < 1.29 is 9.53 Å². The van der Waals surface area contributed by atoms with Crippen LogP contribution < -0.4 is 4.74 Å². The molecule has 3 aliphatic heterocycles. The third-order valence-electron chi connectivity index (χ3n) is 5.14. The second-order valence-electron chi connectivity index (χ2n) is 7.10. The molecule has 0 radical (unpaired) electrons. The summed E-state index contributed by atoms with van der Waals surface area (Å²) in [6.07, 6.45) is 4.23. The molecule has 1 atom stereocenters. The van der Waals surface area contributed by atoms with E-state index >= 15 is 0 Å². The van der Waals surface area contributed by atoms with Crippen molar-refractivity contribution in [1.29, 1.82) is 0 Å². The predicted octanol–water partition coefficient (Wildman–Crippen LogP) is 1.37. The Kier molecular flexibility index (Phi) is 4.83. The van der Waals surface area contributed by atoms with Crippen LogP contribution in [0.25, 0.3) is 0 Å². The quantitative estimate of drug-likeness (QED) is 0.810. The van der Waals surface area contributed by atoms with Gasteiger partial charge in [-0.2, -0.15) is 0 Å². The van der Waals surface area contributed by atoms with Gasteiger partial charge in [0.25, 0.3) is 0 Å². The number of rotatable bonds is 3. The van der Waals surface area contributed by atoms with Crippen molar-refractivity contribution in [3.8, 4) is 5.75 Å². The molecule has 1 saturated heterocycles. The zero-order valence-electron chi connectivity index (χ0n) is 15.8. The van der Waals surface area contributed by atoms with Gasteiger partial charge in [-0.3, -0.25) is 9.79 Å². The van der Waals surface area contributed by atoms with Gasteiger partial charge in [-0.25, -0.2) is 4.99 Å². The van der Waals surface area contributed by atoms with Crippen LogP contribution in [0.15, 0.2) is 46.7 Å². The highest BCUT2D eigenvalue weighted by Crippen LogP contribution is 2.18. The highest BCUT2D eigenvalue weighted by Gasteiger charge is 2.32. The van der Waals surface area contributed by atoms with E-state index in [1.54, 1.807) is 7.11 Å². The number of amidine groups is 2. The summed E-state index contributed by atoms with van der Waals surface area (Å²) in [4.78, 5) is 28.3. The van der Waals surface area contributed by atoms with Gasteiger partial charge in [-0.1, -0.05) is 12.1 Å². The number of piperazine rings is 1. The first-order valence-electron chi connectivity index (χ1n) is 9.39. The lowest BCUT2D eigenvalue weighted by molar-refractivity contribution is -0.131. The van der Waals surface area contributed by atoms with Crippen molar-refractivity contribution in [2.75, 3.05) is 39.8 Å². The Bertz CT molecular complexity index is 808. The van der Waals surface area contributed by atoms with Gasteiger partial charge in [0.05, 0.1) is 19.6 Å². The number of hydrogen-bond acceptors (Lipinski definition) is 6. The summed E-state index contributed by atoms with van der Waals surface area (Å²) in [5.41, 5.74) is 0.980. The van der Waals surface area contributed by atoms with Crippen LogP contribution in [0.4, 0.5) is 0 Å². The van der Waals surface area contributed by atoms with Crippen LogP contribution in [0.3, 0.4) is 0 Å². The minimum Gasteiger partial charge on any atom is -0.497 e. The average molecular weight is 367 g/mol. The fourth-order valence-electron chi connectivity index (χ4n) is 3.71. The number of carbonyl (C=O) groups excluding carboxylic acids is 1. The van der Waals surface area contributed by atoms with Crippen LogP contribution in [-0.4, -0.2) is 78.2 Å². The van der Waals surface area contributed by atoms with Gasteiger partial charge >= 0.3 is 0 Å². The Labute approximate surface area is 159 Å². The number of nitrogens with zero attached hydrogens (tertiary/aromatic N) is 5. The van der Waals surface area contributed by atoms with Gasteiger partial charge in [0.15, 0.2) is 11.7 Å². The number of hydrogen-bond donors (Lipinski definition) is 0. The van der Waals surface area contributed by atoms with Crippen molar-refractivity contribution in [3.63, 3.8) is 0 Å². The van der Waals surface area contributed by atoms with Gasteiger partial charge < -0.3 is 19.4 Å². The van der Waals surface area contributed by atoms with E-state index in [0.29, 0.717) is 25.6 Å². The third-order valence-corrected chi connectivity index (χ3v) is 5.14. The summed E-state index contributed by atoms with van der Waals surface area (Å²) in [5, 5.41) is 0. The fourth-order valence-corrected chi connectivity index (χ4v) is 3.71. The number of ether oxygens (including phenoxy) is 1. The minimum absolute atomic E-state index is 0.154. The molecule has 1 amide bonds. The molecule has 3 aliphatic rings. The molecule has 3 heterocycles. The van der Waals surface area contributed by atoms with Crippen LogP contribution in [0.1, 0.15) is 12.5 Å². The van der Waals surface area contributed by atoms with E-state index in [9.17, 15) is 4.79 Å². The smallest absolute Gasteiger partial charge is 0.227 e. The normalized spacial score (nSPS) is 21.7. The molecule has 0 bridgehead atoms. The first-order valence-corrected chi connectivity index (χ1v) is 9.39. The van der Waals surface area contributed by atoms with Crippen LogP contribution in [0.5, 0.6) is 5.75 Å². The summed E-state index contributed by atoms with van der Waals surface area (Å²) in [5.74, 6) is 2.83. The Morgan fingerprint density at radius 3 is 2.81 bits per heavy atom. The van der Waals surface area contributed by atoms with Gasteiger partial charge in [-0.05, 0) is 24.6 Å². The highest BCUT2D eigenvalue weighted by molar-refractivity contribution is 6.41. The van der Waals surface area contributed by atoms with Gasteiger partial charge in [-0.15, -0.1) is 0 Å². The second kappa shape index (κ2) is 7.42. The van der Waals surface area contributed by atoms with Crippen molar-refractivity contribution in [2.24, 2.45) is 9.98 Å². The Hall–Kier alpha value is -2.83. The maximum absolute atomic E-state index is 12.7. The van der Waals surface area contributed by atoms with Crippen LogP contribution in [0.2, 0.25) is 0 Å². The first-order chi connectivity index (χ1) is 13.1. The van der Waals surface area contributed by atoms with E-state index in [1.807, 2.05) is 41.6 Å². The second-order valence-corrected chi connectivity index (χ2v) is 7.10. The SMILES string of the molecule is COc1cccc(CC(=O)N2CCN(C3=NC=CN4C[C@@H](C)N=C34)CC2)c1. The number of carbonyl (C=O) groups is 1. The van der Waals surface area contributed by atoms with Crippen molar-refractivity contribution in [3.05, 3.63) is 42.2 Å². The lowest BCUT2D eigenvalue weighted by Crippen LogP contribution is -2.54. The lowest BCUT2D eigenvalue weighted by atomic mass is 10.1. The zero-order chi connectivity index (χ0) is 18.8. The fraction of sp³-hybridized carbons (Fsp3) is 0.450. The molecule has 7 nitrogen and oxygen atoms in total. The summed E-state index contributed by atoms with van der Waals surface area (Å²) in [6.45, 7) is 5.98. The third kappa shape index (κ3) is 3.67. The molecule has 1 fully saturated rings. The summed E-state index contributed by atoms with van der Waals surface area (Å²) in [6, 6.07) is 7.99. The van der Waals surface area contributed by atoms with Crippen molar-refractivity contribution in [1.82, 2.24) is 14.7 Å². The molecule has 1 aromatic rings.